The highest BCUT2D eigenvalue weighted by Gasteiger charge is 2.09. The molecular weight excluding hydrogens is 264 g/mol. The molecule has 4 nitrogen and oxygen atoms in total. The first-order chi connectivity index (χ1) is 9.45. The third kappa shape index (κ3) is 3.23. The molecular formula is C14H13F2N3O. The molecule has 2 rings (SSSR count). The minimum atomic E-state index is -0.850. The fourth-order valence-corrected chi connectivity index (χ4v) is 1.66. The second-order valence-electron chi connectivity index (χ2n) is 4.29. The van der Waals surface area contributed by atoms with E-state index in [9.17, 15) is 13.6 Å². The summed E-state index contributed by atoms with van der Waals surface area (Å²) in [4.78, 5) is 11.7. The summed E-state index contributed by atoms with van der Waals surface area (Å²) in [6, 6.07) is 7.35. The summed E-state index contributed by atoms with van der Waals surface area (Å²) in [6.07, 6.45) is 0. The van der Waals surface area contributed by atoms with Crippen molar-refractivity contribution in [1.29, 1.82) is 0 Å². The van der Waals surface area contributed by atoms with E-state index in [-0.39, 0.29) is 5.69 Å². The maximum absolute atomic E-state index is 13.4. The highest BCUT2D eigenvalue weighted by atomic mass is 19.1. The van der Waals surface area contributed by atoms with Gasteiger partial charge in [-0.15, -0.1) is 0 Å². The molecule has 0 aliphatic rings. The number of benzene rings is 2. The van der Waals surface area contributed by atoms with Crippen LogP contribution in [0.2, 0.25) is 0 Å². The molecule has 0 aliphatic carbocycles. The lowest BCUT2D eigenvalue weighted by Gasteiger charge is -2.10. The van der Waals surface area contributed by atoms with Crippen molar-refractivity contribution in [2.24, 2.45) is 0 Å². The van der Waals surface area contributed by atoms with Gasteiger partial charge in [0.15, 0.2) is 0 Å². The number of nitrogens with two attached hydrogens (primary N) is 1. The van der Waals surface area contributed by atoms with Crippen molar-refractivity contribution in [1.82, 2.24) is 0 Å². The van der Waals surface area contributed by atoms with Gasteiger partial charge in [-0.05, 0) is 36.8 Å². The highest BCUT2D eigenvalue weighted by Crippen LogP contribution is 2.20. The van der Waals surface area contributed by atoms with Crippen molar-refractivity contribution in [3.05, 3.63) is 53.6 Å². The molecule has 0 bridgehead atoms. The van der Waals surface area contributed by atoms with Crippen molar-refractivity contribution in [3.8, 4) is 0 Å². The number of halogens is 2. The number of hydrogen-bond donors (Lipinski definition) is 3. The van der Waals surface area contributed by atoms with E-state index in [0.29, 0.717) is 17.4 Å². The fourth-order valence-electron chi connectivity index (χ4n) is 1.66. The van der Waals surface area contributed by atoms with Crippen molar-refractivity contribution in [2.75, 3.05) is 16.4 Å². The van der Waals surface area contributed by atoms with E-state index in [1.54, 1.807) is 18.2 Å². The van der Waals surface area contributed by atoms with Gasteiger partial charge in [0.2, 0.25) is 0 Å². The summed E-state index contributed by atoms with van der Waals surface area (Å²) in [6.45, 7) is 1.87. The Morgan fingerprint density at radius 1 is 1.05 bits per heavy atom. The van der Waals surface area contributed by atoms with Crippen LogP contribution in [0.3, 0.4) is 0 Å². The molecule has 2 amide bonds. The molecule has 0 aromatic heterocycles. The lowest BCUT2D eigenvalue weighted by molar-refractivity contribution is 0.262. The van der Waals surface area contributed by atoms with E-state index >= 15 is 0 Å². The molecule has 4 N–H and O–H groups in total. The van der Waals surface area contributed by atoms with Crippen LogP contribution in [0.5, 0.6) is 0 Å². The number of nitrogen functional groups attached to an aromatic ring is 1. The average Bonchev–Trinajstić information content (AvgIpc) is 2.36. The van der Waals surface area contributed by atoms with Gasteiger partial charge in [0, 0.05) is 6.07 Å². The van der Waals surface area contributed by atoms with Crippen LogP contribution in [-0.4, -0.2) is 6.03 Å². The summed E-state index contributed by atoms with van der Waals surface area (Å²) < 4.78 is 26.1. The van der Waals surface area contributed by atoms with Crippen LogP contribution >= 0.6 is 0 Å². The van der Waals surface area contributed by atoms with Crippen LogP contribution in [-0.2, 0) is 0 Å². The molecule has 0 heterocycles. The first kappa shape index (κ1) is 13.8. The second kappa shape index (κ2) is 5.56. The molecule has 0 saturated heterocycles. The van der Waals surface area contributed by atoms with Crippen molar-refractivity contribution in [2.45, 2.75) is 6.92 Å². The smallest absolute Gasteiger partial charge is 0.323 e. The van der Waals surface area contributed by atoms with Gasteiger partial charge in [-0.3, -0.25) is 0 Å². The van der Waals surface area contributed by atoms with Crippen LogP contribution in [0.15, 0.2) is 36.4 Å². The monoisotopic (exact) mass is 277 g/mol. The fraction of sp³-hybridized carbons (Fsp3) is 0.0714. The number of carbonyl (C=O) groups is 1. The molecule has 0 saturated carbocycles. The van der Waals surface area contributed by atoms with E-state index in [0.717, 1.165) is 17.7 Å². The number of anilines is 3. The molecule has 2 aromatic carbocycles. The second-order valence-corrected chi connectivity index (χ2v) is 4.29. The summed E-state index contributed by atoms with van der Waals surface area (Å²) >= 11 is 0. The van der Waals surface area contributed by atoms with Crippen molar-refractivity contribution in [3.63, 3.8) is 0 Å². The summed E-state index contributed by atoms with van der Waals surface area (Å²) in [7, 11) is 0. The van der Waals surface area contributed by atoms with Gasteiger partial charge in [-0.1, -0.05) is 6.07 Å². The predicted molar refractivity (Wildman–Crippen MR) is 74.6 cm³/mol. The Labute approximate surface area is 114 Å². The molecule has 0 aliphatic heterocycles. The third-order valence-corrected chi connectivity index (χ3v) is 2.63. The van der Waals surface area contributed by atoms with E-state index in [4.69, 9.17) is 5.73 Å². The molecule has 0 unspecified atom stereocenters. The molecule has 6 heteroatoms. The first-order valence-electron chi connectivity index (χ1n) is 5.85. The first-order valence-corrected chi connectivity index (χ1v) is 5.85. The van der Waals surface area contributed by atoms with Gasteiger partial charge in [0.25, 0.3) is 0 Å². The van der Waals surface area contributed by atoms with Gasteiger partial charge in [-0.25, -0.2) is 13.6 Å². The maximum Gasteiger partial charge on any atom is 0.323 e. The topological polar surface area (TPSA) is 67.2 Å². The van der Waals surface area contributed by atoms with Crippen LogP contribution in [0, 0.1) is 18.6 Å². The Bertz CT molecular complexity index is 603. The minimum Gasteiger partial charge on any atom is -0.397 e. The van der Waals surface area contributed by atoms with Crippen molar-refractivity contribution < 1.29 is 13.6 Å². The molecule has 0 fully saturated rings. The maximum atomic E-state index is 13.4. The Hall–Kier alpha value is -2.63. The Morgan fingerprint density at radius 3 is 2.35 bits per heavy atom. The lowest BCUT2D eigenvalue weighted by Crippen LogP contribution is -2.20. The Morgan fingerprint density at radius 2 is 1.70 bits per heavy atom. The highest BCUT2D eigenvalue weighted by molar-refractivity contribution is 6.01. The average molecular weight is 277 g/mol. The van der Waals surface area contributed by atoms with Crippen molar-refractivity contribution >= 4 is 23.1 Å². The van der Waals surface area contributed by atoms with Crippen LogP contribution in [0.25, 0.3) is 0 Å². The van der Waals surface area contributed by atoms with E-state index in [2.05, 4.69) is 10.6 Å². The zero-order valence-corrected chi connectivity index (χ0v) is 10.7. The molecule has 20 heavy (non-hydrogen) atoms. The number of urea groups is 1. The molecule has 0 spiro atoms. The van der Waals surface area contributed by atoms with Crippen LogP contribution in [0.4, 0.5) is 30.6 Å². The Kier molecular flexibility index (Phi) is 3.84. The van der Waals surface area contributed by atoms with Crippen LogP contribution < -0.4 is 16.4 Å². The summed E-state index contributed by atoms with van der Waals surface area (Å²) in [5.41, 5.74) is 7.40. The number of rotatable bonds is 2. The van der Waals surface area contributed by atoms with Gasteiger partial charge in [0.1, 0.15) is 11.6 Å². The summed E-state index contributed by atoms with van der Waals surface area (Å²) in [5.74, 6) is -1.56. The predicted octanol–water partition coefficient (Wildman–Crippen LogP) is 3.50. The third-order valence-electron chi connectivity index (χ3n) is 2.63. The number of aryl methyl sites for hydroxylation is 1. The van der Waals surface area contributed by atoms with Crippen LogP contribution in [0.1, 0.15) is 5.56 Å². The standard InChI is InChI=1S/C14H13F2N3O/c1-8-2-4-13(11(17)6-8)19-14(20)18-12-5-3-9(15)7-10(12)16/h2-7H,17H2,1H3,(H2,18,19,20). The number of nitrogens with one attached hydrogen (secondary N) is 2. The SMILES string of the molecule is Cc1ccc(NC(=O)Nc2ccc(F)cc2F)c(N)c1. The minimum absolute atomic E-state index is 0.116. The van der Waals surface area contributed by atoms with Gasteiger partial charge < -0.3 is 16.4 Å². The zero-order chi connectivity index (χ0) is 14.7. The molecule has 0 radical (unpaired) electrons. The molecule has 104 valence electrons. The largest absolute Gasteiger partial charge is 0.397 e. The zero-order valence-electron chi connectivity index (χ0n) is 10.7. The number of amides is 2. The molecule has 2 aromatic rings. The van der Waals surface area contributed by atoms with E-state index in [1.165, 1.54) is 0 Å². The van der Waals surface area contributed by atoms with E-state index < -0.39 is 17.7 Å². The number of hydrogen-bond acceptors (Lipinski definition) is 2. The number of carbonyl (C=O) groups excluding carboxylic acids is 1. The Balaban J connectivity index is 2.09. The lowest BCUT2D eigenvalue weighted by atomic mass is 10.2. The normalized spacial score (nSPS) is 10.2. The summed E-state index contributed by atoms with van der Waals surface area (Å²) in [5, 5.41) is 4.77. The van der Waals surface area contributed by atoms with Gasteiger partial charge >= 0.3 is 6.03 Å². The van der Waals surface area contributed by atoms with Gasteiger partial charge in [-0.2, -0.15) is 0 Å². The van der Waals surface area contributed by atoms with Gasteiger partial charge in [0.05, 0.1) is 17.1 Å². The quantitative estimate of drug-likeness (QED) is 0.735. The van der Waals surface area contributed by atoms with E-state index in [1.807, 2.05) is 6.92 Å². The molecule has 0 atom stereocenters.